The first-order valence-corrected chi connectivity index (χ1v) is 7.69. The number of esters is 1. The summed E-state index contributed by atoms with van der Waals surface area (Å²) >= 11 is 0. The zero-order valence-corrected chi connectivity index (χ0v) is 13.2. The monoisotopic (exact) mass is 345 g/mol. The highest BCUT2D eigenvalue weighted by Crippen LogP contribution is 2.30. The Morgan fingerprint density at radius 3 is 2.60 bits per heavy atom. The summed E-state index contributed by atoms with van der Waals surface area (Å²) in [5.41, 5.74) is 0.176. The topological polar surface area (TPSA) is 73.9 Å². The molecule has 3 rings (SSSR count). The van der Waals surface area contributed by atoms with Crippen LogP contribution in [0.3, 0.4) is 0 Å². The summed E-state index contributed by atoms with van der Waals surface area (Å²) in [5, 5.41) is 2.62. The van der Waals surface area contributed by atoms with E-state index in [4.69, 9.17) is 14.2 Å². The summed E-state index contributed by atoms with van der Waals surface area (Å²) in [5.74, 6) is -0.321. The van der Waals surface area contributed by atoms with Gasteiger partial charge in [-0.2, -0.15) is 0 Å². The van der Waals surface area contributed by atoms with Gasteiger partial charge in [-0.3, -0.25) is 4.79 Å². The van der Waals surface area contributed by atoms with E-state index in [-0.39, 0.29) is 18.2 Å². The predicted molar refractivity (Wildman–Crippen MR) is 86.0 cm³/mol. The number of ether oxygens (including phenoxy) is 3. The third-order valence-electron chi connectivity index (χ3n) is 3.51. The van der Waals surface area contributed by atoms with E-state index >= 15 is 0 Å². The van der Waals surface area contributed by atoms with E-state index in [1.165, 1.54) is 12.1 Å². The molecule has 1 unspecified atom stereocenters. The van der Waals surface area contributed by atoms with Gasteiger partial charge in [0.1, 0.15) is 18.5 Å². The van der Waals surface area contributed by atoms with Crippen molar-refractivity contribution in [3.8, 4) is 11.5 Å². The van der Waals surface area contributed by atoms with Crippen molar-refractivity contribution in [3.63, 3.8) is 0 Å². The van der Waals surface area contributed by atoms with E-state index < -0.39 is 24.3 Å². The van der Waals surface area contributed by atoms with Gasteiger partial charge < -0.3 is 19.5 Å². The van der Waals surface area contributed by atoms with Gasteiger partial charge in [-0.15, -0.1) is 0 Å². The first kappa shape index (κ1) is 16.8. The second kappa shape index (κ2) is 7.65. The molecule has 0 saturated carbocycles. The van der Waals surface area contributed by atoms with Crippen molar-refractivity contribution in [2.24, 2.45) is 0 Å². The Balaban J connectivity index is 1.41. The largest absolute Gasteiger partial charge is 0.486 e. The van der Waals surface area contributed by atoms with E-state index in [0.29, 0.717) is 18.1 Å². The third-order valence-corrected chi connectivity index (χ3v) is 3.51. The summed E-state index contributed by atoms with van der Waals surface area (Å²) in [6.45, 7) is 0.105. The number of hydrogen-bond donors (Lipinski definition) is 1. The number of fused-ring (bicyclic) bond motifs is 1. The van der Waals surface area contributed by atoms with Gasteiger partial charge in [0.25, 0.3) is 5.91 Å². The van der Waals surface area contributed by atoms with E-state index in [1.807, 2.05) is 12.1 Å². The molecule has 25 heavy (non-hydrogen) atoms. The molecule has 1 N–H and O–H groups in total. The molecule has 2 aromatic rings. The molecular formula is C18H16FNO5. The zero-order chi connectivity index (χ0) is 17.6. The number of halogens is 1. The smallest absolute Gasteiger partial charge is 0.338 e. The Kier molecular flexibility index (Phi) is 5.13. The van der Waals surface area contributed by atoms with Gasteiger partial charge in [0, 0.05) is 0 Å². The van der Waals surface area contributed by atoms with Crippen LogP contribution in [0, 0.1) is 5.82 Å². The third kappa shape index (κ3) is 4.47. The van der Waals surface area contributed by atoms with Gasteiger partial charge in [0.15, 0.2) is 18.1 Å². The van der Waals surface area contributed by atoms with Gasteiger partial charge in [0.05, 0.1) is 12.1 Å². The molecule has 6 nitrogen and oxygen atoms in total. The van der Waals surface area contributed by atoms with Crippen molar-refractivity contribution in [3.05, 3.63) is 59.9 Å². The normalized spacial score (nSPS) is 15.3. The molecule has 1 aliphatic rings. The van der Waals surface area contributed by atoms with Gasteiger partial charge in [0.2, 0.25) is 0 Å². The van der Waals surface area contributed by atoms with Crippen LogP contribution in [0.4, 0.5) is 4.39 Å². The summed E-state index contributed by atoms with van der Waals surface area (Å²) in [4.78, 5) is 23.5. The predicted octanol–water partition coefficient (Wildman–Crippen LogP) is 1.94. The molecule has 0 aliphatic carbocycles. The molecule has 1 amide bonds. The van der Waals surface area contributed by atoms with Gasteiger partial charge in [-0.05, 0) is 36.4 Å². The maximum atomic E-state index is 12.8. The Bertz CT molecular complexity index is 762. The van der Waals surface area contributed by atoms with Crippen LogP contribution in [0.2, 0.25) is 0 Å². The van der Waals surface area contributed by atoms with E-state index in [0.717, 1.165) is 12.1 Å². The number of carbonyl (C=O) groups excluding carboxylic acids is 2. The number of rotatable bonds is 5. The maximum Gasteiger partial charge on any atom is 0.338 e. The van der Waals surface area contributed by atoms with Crippen LogP contribution < -0.4 is 14.8 Å². The van der Waals surface area contributed by atoms with E-state index in [9.17, 15) is 14.0 Å². The van der Waals surface area contributed by atoms with Crippen LogP contribution in [-0.4, -0.2) is 37.7 Å². The molecular weight excluding hydrogens is 329 g/mol. The number of carbonyl (C=O) groups is 2. The number of para-hydroxylation sites is 2. The molecule has 0 bridgehead atoms. The Hall–Kier alpha value is -3.09. The van der Waals surface area contributed by atoms with Crippen LogP contribution in [0.15, 0.2) is 48.5 Å². The molecule has 130 valence electrons. The van der Waals surface area contributed by atoms with Crippen LogP contribution in [-0.2, 0) is 9.53 Å². The van der Waals surface area contributed by atoms with E-state index in [1.54, 1.807) is 12.1 Å². The van der Waals surface area contributed by atoms with Crippen LogP contribution in [0.1, 0.15) is 10.4 Å². The summed E-state index contributed by atoms with van der Waals surface area (Å²) in [6, 6.07) is 12.1. The molecule has 0 radical (unpaired) electrons. The first-order chi connectivity index (χ1) is 12.1. The molecule has 1 heterocycles. The van der Waals surface area contributed by atoms with Crippen molar-refractivity contribution < 1.29 is 28.2 Å². The lowest BCUT2D eigenvalue weighted by molar-refractivity contribution is -0.124. The summed E-state index contributed by atoms with van der Waals surface area (Å²) < 4.78 is 28.9. The number of nitrogens with one attached hydrogen (secondary N) is 1. The lowest BCUT2D eigenvalue weighted by Crippen LogP contribution is -2.42. The second-order valence-electron chi connectivity index (χ2n) is 5.38. The minimum Gasteiger partial charge on any atom is -0.486 e. The fourth-order valence-electron chi connectivity index (χ4n) is 2.24. The molecule has 7 heteroatoms. The van der Waals surface area contributed by atoms with Gasteiger partial charge in [-0.25, -0.2) is 9.18 Å². The van der Waals surface area contributed by atoms with E-state index in [2.05, 4.69) is 5.32 Å². The first-order valence-electron chi connectivity index (χ1n) is 7.69. The molecule has 0 spiro atoms. The molecule has 0 aromatic heterocycles. The van der Waals surface area contributed by atoms with Crippen LogP contribution >= 0.6 is 0 Å². The zero-order valence-electron chi connectivity index (χ0n) is 13.2. The fraction of sp³-hybridized carbons (Fsp3) is 0.222. The SMILES string of the molecule is O=C(COC(=O)c1ccc(F)cc1)NCC1COc2ccccc2O1. The Labute approximate surface area is 143 Å². The Morgan fingerprint density at radius 1 is 1.12 bits per heavy atom. The number of benzene rings is 2. The second-order valence-corrected chi connectivity index (χ2v) is 5.38. The summed E-state index contributed by atoms with van der Waals surface area (Å²) in [7, 11) is 0. The van der Waals surface area contributed by atoms with Crippen molar-refractivity contribution in [2.45, 2.75) is 6.10 Å². The average Bonchev–Trinajstić information content (AvgIpc) is 2.65. The number of amides is 1. The highest BCUT2D eigenvalue weighted by atomic mass is 19.1. The molecule has 1 atom stereocenters. The van der Waals surface area contributed by atoms with Gasteiger partial charge in [-0.1, -0.05) is 12.1 Å². The highest BCUT2D eigenvalue weighted by molar-refractivity contribution is 5.91. The van der Waals surface area contributed by atoms with Crippen molar-refractivity contribution in [1.29, 1.82) is 0 Å². The van der Waals surface area contributed by atoms with Gasteiger partial charge >= 0.3 is 5.97 Å². The minimum absolute atomic E-state index is 0.176. The van der Waals surface area contributed by atoms with Crippen LogP contribution in [0.25, 0.3) is 0 Å². The lowest BCUT2D eigenvalue weighted by Gasteiger charge is -2.26. The molecule has 0 fully saturated rings. The fourth-order valence-corrected chi connectivity index (χ4v) is 2.24. The minimum atomic E-state index is -0.693. The highest BCUT2D eigenvalue weighted by Gasteiger charge is 2.21. The van der Waals surface area contributed by atoms with Crippen molar-refractivity contribution in [2.75, 3.05) is 19.8 Å². The standard InChI is InChI=1S/C18H16FNO5/c19-13-7-5-12(6-8-13)18(22)24-11-17(21)20-9-14-10-23-15-3-1-2-4-16(15)25-14/h1-8,14H,9-11H2,(H,20,21). The molecule has 0 saturated heterocycles. The molecule has 1 aliphatic heterocycles. The maximum absolute atomic E-state index is 12.8. The molecule has 2 aromatic carbocycles. The summed E-state index contributed by atoms with van der Waals surface area (Å²) in [6.07, 6.45) is -0.327. The lowest BCUT2D eigenvalue weighted by atomic mass is 10.2. The van der Waals surface area contributed by atoms with Crippen molar-refractivity contribution >= 4 is 11.9 Å². The average molecular weight is 345 g/mol. The van der Waals surface area contributed by atoms with Crippen molar-refractivity contribution in [1.82, 2.24) is 5.32 Å². The van der Waals surface area contributed by atoms with Crippen LogP contribution in [0.5, 0.6) is 11.5 Å². The quantitative estimate of drug-likeness (QED) is 0.839. The number of hydrogen-bond acceptors (Lipinski definition) is 5. The Morgan fingerprint density at radius 2 is 1.84 bits per heavy atom.